The van der Waals surface area contributed by atoms with Gasteiger partial charge >= 0.3 is 5.69 Å². The lowest BCUT2D eigenvalue weighted by Crippen LogP contribution is -2.20. The first-order valence-corrected chi connectivity index (χ1v) is 7.98. The predicted molar refractivity (Wildman–Crippen MR) is 91.5 cm³/mol. The van der Waals surface area contributed by atoms with Crippen LogP contribution in [0.25, 0.3) is 10.2 Å². The molecule has 0 spiro atoms. The van der Waals surface area contributed by atoms with Gasteiger partial charge in [0.1, 0.15) is 5.82 Å². The van der Waals surface area contributed by atoms with Gasteiger partial charge in [-0.1, -0.05) is 17.4 Å². The van der Waals surface area contributed by atoms with Gasteiger partial charge in [-0.2, -0.15) is 0 Å². The number of hydrogen-bond acceptors (Lipinski definition) is 6. The molecule has 0 aliphatic heterocycles. The Hall–Kier alpha value is -3.07. The van der Waals surface area contributed by atoms with Crippen LogP contribution in [-0.4, -0.2) is 22.4 Å². The van der Waals surface area contributed by atoms with E-state index in [1.807, 2.05) is 25.1 Å². The Labute approximate surface area is 145 Å². The van der Waals surface area contributed by atoms with Gasteiger partial charge in [0, 0.05) is 12.1 Å². The molecule has 0 atom stereocenters. The summed E-state index contributed by atoms with van der Waals surface area (Å²) < 4.78 is 19.2. The van der Waals surface area contributed by atoms with Gasteiger partial charge in [-0.3, -0.25) is 20.2 Å². The first kappa shape index (κ1) is 16.8. The monoisotopic (exact) mass is 361 g/mol. The maximum Gasteiger partial charge on any atom is 0.311 e. The smallest absolute Gasteiger partial charge is 0.311 e. The quantitative estimate of drug-likeness (QED) is 0.553. The van der Waals surface area contributed by atoms with Crippen LogP contribution >= 0.6 is 11.3 Å². The standard InChI is InChI=1S/C16H12FN3O4S/c1-9-2-4-11-14(6-9)25-16(18-11)19-15(21)8-24-13-7-10(17)3-5-12(13)20(22)23/h2-7H,8H2,1H3,(H,18,19,21). The zero-order chi connectivity index (χ0) is 18.0. The number of fused-ring (bicyclic) bond motifs is 1. The fraction of sp³-hybridized carbons (Fsp3) is 0.125. The van der Waals surface area contributed by atoms with Crippen molar-refractivity contribution in [3.05, 3.63) is 57.9 Å². The van der Waals surface area contributed by atoms with Crippen LogP contribution in [0.1, 0.15) is 5.56 Å². The molecule has 9 heteroatoms. The zero-order valence-electron chi connectivity index (χ0n) is 13.0. The number of nitrogens with zero attached hydrogens (tertiary/aromatic N) is 2. The molecular weight excluding hydrogens is 349 g/mol. The average molecular weight is 361 g/mol. The third-order valence-electron chi connectivity index (χ3n) is 3.27. The third kappa shape index (κ3) is 3.89. The van der Waals surface area contributed by atoms with Crippen molar-refractivity contribution < 1.29 is 18.8 Å². The normalized spacial score (nSPS) is 10.6. The van der Waals surface area contributed by atoms with Gasteiger partial charge in [0.25, 0.3) is 5.91 Å². The Morgan fingerprint density at radius 2 is 2.16 bits per heavy atom. The lowest BCUT2D eigenvalue weighted by atomic mass is 10.2. The number of carbonyl (C=O) groups is 1. The van der Waals surface area contributed by atoms with Crippen LogP contribution in [0, 0.1) is 22.9 Å². The van der Waals surface area contributed by atoms with Gasteiger partial charge in [-0.25, -0.2) is 9.37 Å². The van der Waals surface area contributed by atoms with E-state index in [-0.39, 0.29) is 5.75 Å². The van der Waals surface area contributed by atoms with Crippen molar-refractivity contribution in [3.8, 4) is 5.75 Å². The third-order valence-corrected chi connectivity index (χ3v) is 4.20. The molecule has 0 aliphatic rings. The van der Waals surface area contributed by atoms with E-state index in [1.54, 1.807) is 0 Å². The number of hydrogen-bond donors (Lipinski definition) is 1. The lowest BCUT2D eigenvalue weighted by Gasteiger charge is -2.06. The summed E-state index contributed by atoms with van der Waals surface area (Å²) in [4.78, 5) is 26.4. The number of thiazole rings is 1. The number of anilines is 1. The number of aryl methyl sites for hydroxylation is 1. The van der Waals surface area contributed by atoms with E-state index in [0.717, 1.165) is 34.0 Å². The summed E-state index contributed by atoms with van der Waals surface area (Å²) in [6.45, 7) is 1.45. The first-order valence-electron chi connectivity index (χ1n) is 7.16. The van der Waals surface area contributed by atoms with Gasteiger partial charge in [0.2, 0.25) is 5.75 Å². The van der Waals surface area contributed by atoms with Crippen LogP contribution in [0.3, 0.4) is 0 Å². The highest BCUT2D eigenvalue weighted by molar-refractivity contribution is 7.22. The molecule has 2 aromatic carbocycles. The second-order valence-electron chi connectivity index (χ2n) is 5.20. The molecule has 1 aromatic heterocycles. The van der Waals surface area contributed by atoms with Crippen molar-refractivity contribution in [3.63, 3.8) is 0 Å². The predicted octanol–water partition coefficient (Wildman–Crippen LogP) is 3.67. The van der Waals surface area contributed by atoms with E-state index in [2.05, 4.69) is 10.3 Å². The SMILES string of the molecule is Cc1ccc2nc(NC(=O)COc3cc(F)ccc3[N+](=O)[O-])sc2c1. The summed E-state index contributed by atoms with van der Waals surface area (Å²) in [7, 11) is 0. The summed E-state index contributed by atoms with van der Waals surface area (Å²) >= 11 is 1.31. The maximum atomic E-state index is 13.2. The van der Waals surface area contributed by atoms with E-state index in [1.165, 1.54) is 11.3 Å². The fourth-order valence-corrected chi connectivity index (χ4v) is 3.12. The van der Waals surface area contributed by atoms with E-state index >= 15 is 0 Å². The molecule has 7 nitrogen and oxygen atoms in total. The van der Waals surface area contributed by atoms with Crippen molar-refractivity contribution in [1.29, 1.82) is 0 Å². The number of carbonyl (C=O) groups excluding carboxylic acids is 1. The van der Waals surface area contributed by atoms with Crippen LogP contribution in [0.15, 0.2) is 36.4 Å². The van der Waals surface area contributed by atoms with E-state index in [9.17, 15) is 19.3 Å². The summed E-state index contributed by atoms with van der Waals surface area (Å²) in [5, 5.41) is 13.8. The minimum Gasteiger partial charge on any atom is -0.477 e. The molecule has 0 saturated carbocycles. The molecule has 0 unspecified atom stereocenters. The molecule has 0 saturated heterocycles. The molecule has 0 radical (unpaired) electrons. The Bertz CT molecular complexity index is 973. The van der Waals surface area contributed by atoms with Crippen LogP contribution in [0.5, 0.6) is 5.75 Å². The van der Waals surface area contributed by atoms with Crippen LogP contribution in [0.2, 0.25) is 0 Å². The summed E-state index contributed by atoms with van der Waals surface area (Å²) in [6, 6.07) is 8.52. The Balaban J connectivity index is 1.68. The molecule has 1 heterocycles. The molecular formula is C16H12FN3O4S. The van der Waals surface area contributed by atoms with E-state index in [4.69, 9.17) is 4.74 Å². The molecule has 3 aromatic rings. The van der Waals surface area contributed by atoms with Crippen LogP contribution in [0.4, 0.5) is 15.2 Å². The van der Waals surface area contributed by atoms with Crippen LogP contribution < -0.4 is 10.1 Å². The molecule has 25 heavy (non-hydrogen) atoms. The number of halogens is 1. The highest BCUT2D eigenvalue weighted by Crippen LogP contribution is 2.28. The number of ether oxygens (including phenoxy) is 1. The lowest BCUT2D eigenvalue weighted by molar-refractivity contribution is -0.385. The molecule has 0 fully saturated rings. The molecule has 0 aliphatic carbocycles. The number of benzene rings is 2. The molecule has 128 valence electrons. The van der Waals surface area contributed by atoms with Gasteiger partial charge in [0.15, 0.2) is 11.7 Å². The van der Waals surface area contributed by atoms with Crippen molar-refractivity contribution in [2.24, 2.45) is 0 Å². The maximum absolute atomic E-state index is 13.2. The number of nitrogens with one attached hydrogen (secondary N) is 1. The number of amides is 1. The van der Waals surface area contributed by atoms with Gasteiger partial charge in [0.05, 0.1) is 15.1 Å². The van der Waals surface area contributed by atoms with Crippen molar-refractivity contribution in [2.75, 3.05) is 11.9 Å². The highest BCUT2D eigenvalue weighted by atomic mass is 32.1. The molecule has 1 amide bonds. The first-order chi connectivity index (χ1) is 11.9. The second-order valence-corrected chi connectivity index (χ2v) is 6.23. The van der Waals surface area contributed by atoms with Crippen molar-refractivity contribution in [2.45, 2.75) is 6.92 Å². The molecule has 3 rings (SSSR count). The van der Waals surface area contributed by atoms with E-state index < -0.39 is 28.9 Å². The van der Waals surface area contributed by atoms with Crippen LogP contribution in [-0.2, 0) is 4.79 Å². The largest absolute Gasteiger partial charge is 0.477 e. The summed E-state index contributed by atoms with van der Waals surface area (Å²) in [6.07, 6.45) is 0. The highest BCUT2D eigenvalue weighted by Gasteiger charge is 2.17. The minimum atomic E-state index is -0.706. The number of nitro groups is 1. The Kier molecular flexibility index (Phi) is 4.57. The molecule has 1 N–H and O–H groups in total. The molecule has 0 bridgehead atoms. The zero-order valence-corrected chi connectivity index (χ0v) is 13.8. The van der Waals surface area contributed by atoms with Gasteiger partial charge in [-0.05, 0) is 30.7 Å². The van der Waals surface area contributed by atoms with Gasteiger partial charge < -0.3 is 4.74 Å². The van der Waals surface area contributed by atoms with E-state index in [0.29, 0.717) is 5.13 Å². The number of aromatic nitrogens is 1. The average Bonchev–Trinajstić information content (AvgIpc) is 2.93. The summed E-state index contributed by atoms with van der Waals surface area (Å²) in [5.74, 6) is -1.54. The Morgan fingerprint density at radius 3 is 2.92 bits per heavy atom. The Morgan fingerprint density at radius 1 is 1.36 bits per heavy atom. The van der Waals surface area contributed by atoms with Gasteiger partial charge in [-0.15, -0.1) is 0 Å². The topological polar surface area (TPSA) is 94.4 Å². The fourth-order valence-electron chi connectivity index (χ4n) is 2.14. The number of nitro benzene ring substituents is 1. The second kappa shape index (κ2) is 6.81. The van der Waals surface area contributed by atoms with Crippen molar-refractivity contribution in [1.82, 2.24) is 4.98 Å². The summed E-state index contributed by atoms with van der Waals surface area (Å²) in [5.41, 5.74) is 1.42. The number of rotatable bonds is 5. The minimum absolute atomic E-state index is 0.305. The van der Waals surface area contributed by atoms with Crippen molar-refractivity contribution >= 4 is 38.3 Å².